The molecule has 0 spiro atoms. The maximum Gasteiger partial charge on any atom is 0.240 e. The number of aromatic nitrogens is 1. The second-order valence-electron chi connectivity index (χ2n) is 3.25. The fourth-order valence-electron chi connectivity index (χ4n) is 1.28. The molecule has 0 radical (unpaired) electrons. The van der Waals surface area contributed by atoms with E-state index in [1.54, 1.807) is 12.4 Å². The third kappa shape index (κ3) is 2.74. The maximum absolute atomic E-state index is 10.8. The number of rotatable bonds is 2. The van der Waals surface area contributed by atoms with Crippen LogP contribution in [-0.2, 0) is 4.79 Å². The minimum absolute atomic E-state index is 0.0175. The Labute approximate surface area is 87.7 Å². The number of carbonyl (C=O) groups is 1. The molecule has 1 aromatic heterocycles. The Balaban J connectivity index is 2.03. The molecule has 0 fully saturated rings. The molecular formula is C11H11N3O. The van der Waals surface area contributed by atoms with Gasteiger partial charge in [-0.3, -0.25) is 9.78 Å². The van der Waals surface area contributed by atoms with Crippen LogP contribution in [0.3, 0.4) is 0 Å². The van der Waals surface area contributed by atoms with Crippen LogP contribution < -0.4 is 5.43 Å². The Kier molecular flexibility index (Phi) is 2.88. The van der Waals surface area contributed by atoms with E-state index in [9.17, 15) is 4.79 Å². The fraction of sp³-hybridized carbons (Fsp3) is 0.182. The van der Waals surface area contributed by atoms with Gasteiger partial charge in [-0.25, -0.2) is 5.43 Å². The van der Waals surface area contributed by atoms with Crippen LogP contribution in [0.1, 0.15) is 18.4 Å². The molecule has 0 aromatic carbocycles. The Morgan fingerprint density at radius 3 is 2.67 bits per heavy atom. The van der Waals surface area contributed by atoms with Crippen molar-refractivity contribution in [2.45, 2.75) is 12.8 Å². The summed E-state index contributed by atoms with van der Waals surface area (Å²) >= 11 is 0. The van der Waals surface area contributed by atoms with Gasteiger partial charge in [0, 0.05) is 25.2 Å². The average Bonchev–Trinajstić information content (AvgIpc) is 2.30. The molecule has 1 aliphatic rings. The normalized spacial score (nSPS) is 16.3. The van der Waals surface area contributed by atoms with Crippen molar-refractivity contribution in [1.82, 2.24) is 10.4 Å². The van der Waals surface area contributed by atoms with E-state index in [0.717, 1.165) is 11.3 Å². The molecule has 76 valence electrons. The van der Waals surface area contributed by atoms with Gasteiger partial charge in [0.05, 0.1) is 5.71 Å². The van der Waals surface area contributed by atoms with Crippen molar-refractivity contribution in [3.63, 3.8) is 0 Å². The highest BCUT2D eigenvalue weighted by Gasteiger charge is 2.08. The standard InChI is InChI=1S/C11H11N3O/c15-11-4-3-10(13-14-11)2-1-9-5-7-12-8-6-9/h1-2,5-8H,3-4H2,(H,14,15). The van der Waals surface area contributed by atoms with Crippen molar-refractivity contribution in [3.05, 3.63) is 36.2 Å². The molecule has 1 aromatic rings. The minimum atomic E-state index is -0.0175. The summed E-state index contributed by atoms with van der Waals surface area (Å²) in [6, 6.07) is 3.83. The van der Waals surface area contributed by atoms with Gasteiger partial charge >= 0.3 is 0 Å². The topological polar surface area (TPSA) is 54.4 Å². The molecule has 4 heteroatoms. The van der Waals surface area contributed by atoms with Crippen molar-refractivity contribution >= 4 is 17.7 Å². The van der Waals surface area contributed by atoms with Crippen molar-refractivity contribution in [1.29, 1.82) is 0 Å². The lowest BCUT2D eigenvalue weighted by atomic mass is 10.1. The number of amides is 1. The highest BCUT2D eigenvalue weighted by Crippen LogP contribution is 2.04. The first-order valence-electron chi connectivity index (χ1n) is 4.78. The van der Waals surface area contributed by atoms with Gasteiger partial charge in [-0.1, -0.05) is 6.08 Å². The molecule has 0 aliphatic carbocycles. The van der Waals surface area contributed by atoms with Crippen LogP contribution in [0.25, 0.3) is 6.08 Å². The zero-order valence-corrected chi connectivity index (χ0v) is 8.18. The summed E-state index contributed by atoms with van der Waals surface area (Å²) in [6.45, 7) is 0. The van der Waals surface area contributed by atoms with E-state index in [4.69, 9.17) is 0 Å². The Morgan fingerprint density at radius 1 is 1.20 bits per heavy atom. The summed E-state index contributed by atoms with van der Waals surface area (Å²) in [4.78, 5) is 14.8. The molecule has 2 rings (SSSR count). The minimum Gasteiger partial charge on any atom is -0.273 e. The lowest BCUT2D eigenvalue weighted by Gasteiger charge is -2.07. The molecule has 4 nitrogen and oxygen atoms in total. The van der Waals surface area contributed by atoms with Gasteiger partial charge in [0.15, 0.2) is 0 Å². The van der Waals surface area contributed by atoms with Crippen molar-refractivity contribution in [3.8, 4) is 0 Å². The number of pyridine rings is 1. The highest BCUT2D eigenvalue weighted by molar-refractivity contribution is 6.02. The summed E-state index contributed by atoms with van der Waals surface area (Å²) in [6.07, 6.45) is 8.56. The van der Waals surface area contributed by atoms with Gasteiger partial charge in [0.25, 0.3) is 0 Å². The van der Waals surface area contributed by atoms with Crippen LogP contribution in [0.5, 0.6) is 0 Å². The summed E-state index contributed by atoms with van der Waals surface area (Å²) < 4.78 is 0. The third-order valence-electron chi connectivity index (χ3n) is 2.11. The van der Waals surface area contributed by atoms with Crippen LogP contribution in [-0.4, -0.2) is 16.6 Å². The van der Waals surface area contributed by atoms with Gasteiger partial charge in [0.2, 0.25) is 5.91 Å². The number of hydrazone groups is 1. The summed E-state index contributed by atoms with van der Waals surface area (Å²) in [5.74, 6) is -0.0175. The summed E-state index contributed by atoms with van der Waals surface area (Å²) in [7, 11) is 0. The number of nitrogens with one attached hydrogen (secondary N) is 1. The van der Waals surface area contributed by atoms with Crippen LogP contribution >= 0.6 is 0 Å². The fourth-order valence-corrected chi connectivity index (χ4v) is 1.28. The Hall–Kier alpha value is -1.97. The zero-order chi connectivity index (χ0) is 10.5. The van der Waals surface area contributed by atoms with E-state index < -0.39 is 0 Å². The first kappa shape index (κ1) is 9.58. The van der Waals surface area contributed by atoms with Crippen LogP contribution in [0, 0.1) is 0 Å². The number of allylic oxidation sites excluding steroid dienone is 1. The monoisotopic (exact) mass is 201 g/mol. The third-order valence-corrected chi connectivity index (χ3v) is 2.11. The average molecular weight is 201 g/mol. The highest BCUT2D eigenvalue weighted by atomic mass is 16.2. The molecule has 0 unspecified atom stereocenters. The van der Waals surface area contributed by atoms with Gasteiger partial charge in [-0.2, -0.15) is 5.10 Å². The van der Waals surface area contributed by atoms with Crippen molar-refractivity contribution < 1.29 is 4.79 Å². The summed E-state index contributed by atoms with van der Waals surface area (Å²) in [5.41, 5.74) is 4.42. The Morgan fingerprint density at radius 2 is 2.00 bits per heavy atom. The molecule has 1 N–H and O–H groups in total. The first-order valence-corrected chi connectivity index (χ1v) is 4.78. The Bertz CT molecular complexity index is 409. The zero-order valence-electron chi connectivity index (χ0n) is 8.18. The molecule has 2 heterocycles. The van der Waals surface area contributed by atoms with E-state index >= 15 is 0 Å². The molecule has 1 amide bonds. The maximum atomic E-state index is 10.8. The number of nitrogens with zero attached hydrogens (tertiary/aromatic N) is 2. The predicted molar refractivity (Wildman–Crippen MR) is 58.1 cm³/mol. The lowest BCUT2D eigenvalue weighted by molar-refractivity contribution is -0.121. The molecule has 0 saturated heterocycles. The summed E-state index contributed by atoms with van der Waals surface area (Å²) in [5, 5.41) is 3.94. The number of hydrogen-bond acceptors (Lipinski definition) is 3. The van der Waals surface area contributed by atoms with Crippen LogP contribution in [0.4, 0.5) is 0 Å². The molecule has 1 aliphatic heterocycles. The second kappa shape index (κ2) is 4.50. The second-order valence-corrected chi connectivity index (χ2v) is 3.25. The number of hydrogen-bond donors (Lipinski definition) is 1. The van der Waals surface area contributed by atoms with E-state index in [0.29, 0.717) is 12.8 Å². The van der Waals surface area contributed by atoms with Gasteiger partial charge in [0.1, 0.15) is 0 Å². The largest absolute Gasteiger partial charge is 0.273 e. The van der Waals surface area contributed by atoms with Gasteiger partial charge in [-0.05, 0) is 23.8 Å². The molecule has 0 saturated carbocycles. The molecule has 0 atom stereocenters. The smallest absolute Gasteiger partial charge is 0.240 e. The van der Waals surface area contributed by atoms with Gasteiger partial charge in [-0.15, -0.1) is 0 Å². The van der Waals surface area contributed by atoms with E-state index in [2.05, 4.69) is 15.5 Å². The molecule has 0 bridgehead atoms. The van der Waals surface area contributed by atoms with E-state index in [1.807, 2.05) is 24.3 Å². The lowest BCUT2D eigenvalue weighted by Crippen LogP contribution is -2.24. The van der Waals surface area contributed by atoms with Gasteiger partial charge < -0.3 is 0 Å². The first-order chi connectivity index (χ1) is 7.34. The van der Waals surface area contributed by atoms with Crippen molar-refractivity contribution in [2.75, 3.05) is 0 Å². The van der Waals surface area contributed by atoms with E-state index in [-0.39, 0.29) is 5.91 Å². The molecular weight excluding hydrogens is 190 g/mol. The molecule has 15 heavy (non-hydrogen) atoms. The predicted octanol–water partition coefficient (Wildman–Crippen LogP) is 1.36. The van der Waals surface area contributed by atoms with Crippen LogP contribution in [0.2, 0.25) is 0 Å². The van der Waals surface area contributed by atoms with E-state index in [1.165, 1.54) is 0 Å². The van der Waals surface area contributed by atoms with Crippen molar-refractivity contribution in [2.24, 2.45) is 5.10 Å². The quantitative estimate of drug-likeness (QED) is 0.785. The van der Waals surface area contributed by atoms with Crippen LogP contribution in [0.15, 0.2) is 35.7 Å². The number of carbonyl (C=O) groups excluding carboxylic acids is 1. The SMILES string of the molecule is O=C1CCC(C=Cc2ccncc2)=NN1.